The summed E-state index contributed by atoms with van der Waals surface area (Å²) in [4.78, 5) is 13.4. The molecule has 3 nitrogen and oxygen atoms in total. The Balaban J connectivity index is 2.05. The van der Waals surface area contributed by atoms with Crippen molar-refractivity contribution in [1.29, 1.82) is 0 Å². The number of hydrogen-bond donors (Lipinski definition) is 2. The number of nitrogens with one attached hydrogen (secondary N) is 1. The second kappa shape index (κ2) is 7.07. The highest BCUT2D eigenvalue weighted by atomic mass is 35.5. The van der Waals surface area contributed by atoms with E-state index in [1.165, 1.54) is 0 Å². The zero-order valence-corrected chi connectivity index (χ0v) is 13.5. The molecule has 112 valence electrons. The number of benzene rings is 1. The maximum atomic E-state index is 11.2. The van der Waals surface area contributed by atoms with Crippen LogP contribution >= 0.6 is 22.9 Å². The molecule has 0 aliphatic rings. The van der Waals surface area contributed by atoms with Gasteiger partial charge in [0.05, 0.1) is 0 Å². The first-order valence-corrected chi connectivity index (χ1v) is 7.97. The van der Waals surface area contributed by atoms with Crippen LogP contribution in [-0.4, -0.2) is 17.1 Å². The van der Waals surface area contributed by atoms with Crippen molar-refractivity contribution in [3.8, 4) is 10.4 Å². The first-order valence-electron chi connectivity index (χ1n) is 6.78. The summed E-state index contributed by atoms with van der Waals surface area (Å²) in [5.74, 6) is -0.758. The largest absolute Gasteiger partial charge is 0.480 e. The molecule has 1 atom stereocenters. The molecule has 0 radical (unpaired) electrons. The lowest BCUT2D eigenvalue weighted by Gasteiger charge is -2.17. The number of halogens is 1. The number of aliphatic carboxylic acids is 1. The molecule has 2 aromatic rings. The highest BCUT2D eigenvalue weighted by molar-refractivity contribution is 7.15. The van der Waals surface area contributed by atoms with Crippen LogP contribution in [0.4, 0.5) is 0 Å². The molecular formula is C16H18ClNO2S. The van der Waals surface area contributed by atoms with Crippen LogP contribution in [0.15, 0.2) is 36.4 Å². The SMILES string of the molecule is CC(C)[C@@H](NCc1ccc(-c2cccc(Cl)c2)s1)C(=O)O. The minimum atomic E-state index is -0.809. The molecule has 0 fully saturated rings. The van der Waals surface area contributed by atoms with E-state index in [-0.39, 0.29) is 5.92 Å². The van der Waals surface area contributed by atoms with Crippen LogP contribution in [0.25, 0.3) is 10.4 Å². The summed E-state index contributed by atoms with van der Waals surface area (Å²) in [6.45, 7) is 4.36. The van der Waals surface area contributed by atoms with Crippen LogP contribution in [0.3, 0.4) is 0 Å². The summed E-state index contributed by atoms with van der Waals surface area (Å²) in [5.41, 5.74) is 1.08. The van der Waals surface area contributed by atoms with Gasteiger partial charge in [0.1, 0.15) is 6.04 Å². The van der Waals surface area contributed by atoms with Crippen LogP contribution in [-0.2, 0) is 11.3 Å². The first kappa shape index (κ1) is 16.0. The maximum absolute atomic E-state index is 11.2. The van der Waals surface area contributed by atoms with Crippen LogP contribution in [0, 0.1) is 5.92 Å². The van der Waals surface area contributed by atoms with Crippen molar-refractivity contribution in [3.05, 3.63) is 46.3 Å². The minimum Gasteiger partial charge on any atom is -0.480 e. The zero-order valence-electron chi connectivity index (χ0n) is 12.0. The summed E-state index contributed by atoms with van der Waals surface area (Å²) >= 11 is 7.65. The molecule has 1 aromatic carbocycles. The average molecular weight is 324 g/mol. The Morgan fingerprint density at radius 3 is 2.71 bits per heavy atom. The van der Waals surface area contributed by atoms with Gasteiger partial charge in [-0.2, -0.15) is 0 Å². The molecule has 0 unspecified atom stereocenters. The minimum absolute atomic E-state index is 0.0508. The second-order valence-electron chi connectivity index (χ2n) is 5.22. The topological polar surface area (TPSA) is 49.3 Å². The van der Waals surface area contributed by atoms with Gasteiger partial charge in [0.2, 0.25) is 0 Å². The van der Waals surface area contributed by atoms with Crippen molar-refractivity contribution in [2.75, 3.05) is 0 Å². The molecule has 0 amide bonds. The molecule has 21 heavy (non-hydrogen) atoms. The van der Waals surface area contributed by atoms with Crippen molar-refractivity contribution in [2.24, 2.45) is 5.92 Å². The standard InChI is InChI=1S/C16H18ClNO2S/c1-10(2)15(16(19)20)18-9-13-6-7-14(21-13)11-4-3-5-12(17)8-11/h3-8,10,15,18H,9H2,1-2H3,(H,19,20)/t15-/m1/s1. The van der Waals surface area contributed by atoms with Gasteiger partial charge in [-0.25, -0.2) is 0 Å². The van der Waals surface area contributed by atoms with Gasteiger partial charge in [0, 0.05) is 21.3 Å². The van der Waals surface area contributed by atoms with Gasteiger partial charge in [-0.05, 0) is 35.7 Å². The van der Waals surface area contributed by atoms with E-state index in [0.29, 0.717) is 11.6 Å². The van der Waals surface area contributed by atoms with Crippen LogP contribution in [0.2, 0.25) is 5.02 Å². The van der Waals surface area contributed by atoms with Gasteiger partial charge in [-0.1, -0.05) is 37.6 Å². The molecule has 1 heterocycles. The van der Waals surface area contributed by atoms with E-state index < -0.39 is 12.0 Å². The monoisotopic (exact) mass is 323 g/mol. The van der Waals surface area contributed by atoms with Crippen LogP contribution in [0.5, 0.6) is 0 Å². The summed E-state index contributed by atoms with van der Waals surface area (Å²) in [6, 6.07) is 11.3. The Morgan fingerprint density at radius 2 is 2.10 bits per heavy atom. The van der Waals surface area contributed by atoms with Gasteiger partial charge in [0.15, 0.2) is 0 Å². The van der Waals surface area contributed by atoms with Crippen molar-refractivity contribution in [3.63, 3.8) is 0 Å². The zero-order chi connectivity index (χ0) is 15.4. The van der Waals surface area contributed by atoms with Gasteiger partial charge in [0.25, 0.3) is 0 Å². The average Bonchev–Trinajstić information content (AvgIpc) is 2.87. The summed E-state index contributed by atoms with van der Waals surface area (Å²) in [6.07, 6.45) is 0. The van der Waals surface area contributed by atoms with E-state index in [4.69, 9.17) is 16.7 Å². The third-order valence-electron chi connectivity index (χ3n) is 3.20. The van der Waals surface area contributed by atoms with E-state index in [1.807, 2.05) is 50.2 Å². The number of carboxylic acids is 1. The van der Waals surface area contributed by atoms with Crippen LogP contribution < -0.4 is 5.32 Å². The van der Waals surface area contributed by atoms with E-state index in [2.05, 4.69) is 5.32 Å². The Hall–Kier alpha value is -1.36. The highest BCUT2D eigenvalue weighted by Gasteiger charge is 2.20. The number of carbonyl (C=O) groups is 1. The third-order valence-corrected chi connectivity index (χ3v) is 4.57. The highest BCUT2D eigenvalue weighted by Crippen LogP contribution is 2.29. The molecule has 5 heteroatoms. The molecule has 2 N–H and O–H groups in total. The fraction of sp³-hybridized carbons (Fsp3) is 0.312. The second-order valence-corrected chi connectivity index (χ2v) is 6.82. The smallest absolute Gasteiger partial charge is 0.320 e. The third kappa shape index (κ3) is 4.30. The van der Waals surface area contributed by atoms with Crippen molar-refractivity contribution in [1.82, 2.24) is 5.32 Å². The summed E-state index contributed by atoms with van der Waals surface area (Å²) in [5, 5.41) is 13.0. The summed E-state index contributed by atoms with van der Waals surface area (Å²) in [7, 11) is 0. The molecule has 0 saturated heterocycles. The van der Waals surface area contributed by atoms with Crippen molar-refractivity contribution >= 4 is 28.9 Å². The number of rotatable bonds is 6. The fourth-order valence-corrected chi connectivity index (χ4v) is 3.23. The lowest BCUT2D eigenvalue weighted by atomic mass is 10.1. The Labute approximate surface area is 133 Å². The number of hydrogen-bond acceptors (Lipinski definition) is 3. The predicted octanol–water partition coefficient (Wildman–Crippen LogP) is 4.27. The van der Waals surface area contributed by atoms with Gasteiger partial charge in [-0.3, -0.25) is 10.1 Å². The van der Waals surface area contributed by atoms with Gasteiger partial charge < -0.3 is 5.11 Å². The van der Waals surface area contributed by atoms with Crippen molar-refractivity contribution < 1.29 is 9.90 Å². The quantitative estimate of drug-likeness (QED) is 0.834. The predicted molar refractivity (Wildman–Crippen MR) is 87.9 cm³/mol. The van der Waals surface area contributed by atoms with Gasteiger partial charge in [-0.15, -0.1) is 11.3 Å². The van der Waals surface area contributed by atoms with E-state index >= 15 is 0 Å². The lowest BCUT2D eigenvalue weighted by Crippen LogP contribution is -2.40. The number of thiophene rings is 1. The van der Waals surface area contributed by atoms with Gasteiger partial charge >= 0.3 is 5.97 Å². The molecule has 0 bridgehead atoms. The molecule has 0 aliphatic heterocycles. The Bertz CT molecular complexity index is 624. The maximum Gasteiger partial charge on any atom is 0.320 e. The molecule has 0 saturated carbocycles. The Morgan fingerprint density at radius 1 is 1.33 bits per heavy atom. The molecule has 2 rings (SSSR count). The van der Waals surface area contributed by atoms with E-state index in [9.17, 15) is 4.79 Å². The fourth-order valence-electron chi connectivity index (χ4n) is 2.09. The van der Waals surface area contributed by atoms with E-state index in [0.717, 1.165) is 15.3 Å². The molecular weight excluding hydrogens is 306 g/mol. The van der Waals surface area contributed by atoms with E-state index in [1.54, 1.807) is 11.3 Å². The first-order chi connectivity index (χ1) is 9.97. The molecule has 0 spiro atoms. The summed E-state index contributed by atoms with van der Waals surface area (Å²) < 4.78 is 0. The molecule has 0 aliphatic carbocycles. The normalized spacial score (nSPS) is 12.6. The van der Waals surface area contributed by atoms with Crippen LogP contribution in [0.1, 0.15) is 18.7 Å². The Kier molecular flexibility index (Phi) is 5.39. The lowest BCUT2D eigenvalue weighted by molar-refractivity contribution is -0.140. The number of carboxylic acid groups (broad SMARTS) is 1. The van der Waals surface area contributed by atoms with Crippen molar-refractivity contribution in [2.45, 2.75) is 26.4 Å². The molecule has 1 aromatic heterocycles.